The summed E-state index contributed by atoms with van der Waals surface area (Å²) in [5.74, 6) is 0. The van der Waals surface area contributed by atoms with E-state index in [0.29, 0.717) is 19.5 Å². The third kappa shape index (κ3) is 5.14. The van der Waals surface area contributed by atoms with Gasteiger partial charge in [-0.1, -0.05) is 0 Å². The van der Waals surface area contributed by atoms with E-state index in [4.69, 9.17) is 10.3 Å². The Morgan fingerprint density at radius 2 is 2.00 bits per heavy atom. The molecular weight excluding hydrogens is 168 g/mol. The van der Waals surface area contributed by atoms with E-state index in [1.54, 1.807) is 0 Å². The molecule has 0 heterocycles. The van der Waals surface area contributed by atoms with Crippen LogP contribution in [0.1, 0.15) is 12.8 Å². The van der Waals surface area contributed by atoms with Crippen LogP contribution in [0.4, 0.5) is 0 Å². The minimum absolute atomic E-state index is 0.316. The van der Waals surface area contributed by atoms with Gasteiger partial charge in [0.15, 0.2) is 0 Å². The van der Waals surface area contributed by atoms with E-state index in [1.165, 1.54) is 7.05 Å². The molecule has 0 radical (unpaired) electrons. The fourth-order valence-electron chi connectivity index (χ4n) is 0.594. The molecule has 0 saturated carbocycles. The summed E-state index contributed by atoms with van der Waals surface area (Å²) < 4.78 is 30.1. The van der Waals surface area contributed by atoms with Gasteiger partial charge in [0, 0.05) is 13.6 Å². The lowest BCUT2D eigenvalue weighted by atomic mass is 10.3. The standard InChI is InChI=1S/C5H14N2O3S/c1-7(11(8,9)10)5-3-2-4-6/h2-6H2,1H3,(H,8,9,10). The van der Waals surface area contributed by atoms with Crippen molar-refractivity contribution in [3.8, 4) is 0 Å². The molecule has 0 bridgehead atoms. The molecule has 0 aromatic heterocycles. The van der Waals surface area contributed by atoms with E-state index in [0.717, 1.165) is 10.7 Å². The third-order valence-electron chi connectivity index (χ3n) is 1.32. The van der Waals surface area contributed by atoms with Crippen molar-refractivity contribution in [1.82, 2.24) is 4.31 Å². The summed E-state index contributed by atoms with van der Waals surface area (Å²) >= 11 is 0. The van der Waals surface area contributed by atoms with Crippen LogP contribution >= 0.6 is 0 Å². The molecule has 0 rings (SSSR count). The molecule has 0 aliphatic rings. The summed E-state index contributed by atoms with van der Waals surface area (Å²) in [6.45, 7) is 0.856. The van der Waals surface area contributed by atoms with Crippen molar-refractivity contribution in [2.24, 2.45) is 5.73 Å². The highest BCUT2D eigenvalue weighted by atomic mass is 32.2. The van der Waals surface area contributed by atoms with Crippen molar-refractivity contribution >= 4 is 10.3 Å². The van der Waals surface area contributed by atoms with Crippen LogP contribution in [0.15, 0.2) is 0 Å². The average molecular weight is 182 g/mol. The topological polar surface area (TPSA) is 83.6 Å². The van der Waals surface area contributed by atoms with Gasteiger partial charge in [0.05, 0.1) is 0 Å². The molecule has 3 N–H and O–H groups in total. The normalized spacial score (nSPS) is 12.4. The molecule has 0 saturated heterocycles. The zero-order valence-corrected chi connectivity index (χ0v) is 7.34. The largest absolute Gasteiger partial charge is 0.335 e. The van der Waals surface area contributed by atoms with E-state index in [-0.39, 0.29) is 0 Å². The van der Waals surface area contributed by atoms with Gasteiger partial charge in [-0.3, -0.25) is 4.55 Å². The van der Waals surface area contributed by atoms with Gasteiger partial charge < -0.3 is 5.73 Å². The first-order chi connectivity index (χ1) is 4.98. The Morgan fingerprint density at radius 3 is 2.36 bits per heavy atom. The molecule has 68 valence electrons. The van der Waals surface area contributed by atoms with Gasteiger partial charge >= 0.3 is 10.3 Å². The van der Waals surface area contributed by atoms with Gasteiger partial charge in [-0.25, -0.2) is 0 Å². The summed E-state index contributed by atoms with van der Waals surface area (Å²) in [6.07, 6.45) is 1.44. The third-order valence-corrected chi connectivity index (χ3v) is 2.29. The maximum atomic E-state index is 10.4. The Morgan fingerprint density at radius 1 is 1.45 bits per heavy atom. The smallest absolute Gasteiger partial charge is 0.330 e. The molecule has 6 heteroatoms. The van der Waals surface area contributed by atoms with Crippen LogP contribution in [-0.2, 0) is 10.3 Å². The van der Waals surface area contributed by atoms with E-state index < -0.39 is 10.3 Å². The zero-order chi connectivity index (χ0) is 8.91. The summed E-state index contributed by atoms with van der Waals surface area (Å²) in [6, 6.07) is 0. The van der Waals surface area contributed by atoms with Gasteiger partial charge in [0.25, 0.3) is 0 Å². The molecule has 0 aromatic rings. The Bertz CT molecular complexity index is 190. The minimum Gasteiger partial charge on any atom is -0.330 e. The molecule has 5 nitrogen and oxygen atoms in total. The summed E-state index contributed by atoms with van der Waals surface area (Å²) in [4.78, 5) is 0. The Balaban J connectivity index is 3.62. The lowest BCUT2D eigenvalue weighted by Gasteiger charge is -2.10. The number of nitrogens with two attached hydrogens (primary N) is 1. The van der Waals surface area contributed by atoms with Crippen LogP contribution in [0.3, 0.4) is 0 Å². The molecule has 11 heavy (non-hydrogen) atoms. The lowest BCUT2D eigenvalue weighted by molar-refractivity contribution is 0.381. The molecular formula is C5H14N2O3S. The number of hydrogen-bond donors (Lipinski definition) is 2. The fraction of sp³-hybridized carbons (Fsp3) is 1.00. The van der Waals surface area contributed by atoms with E-state index in [2.05, 4.69) is 0 Å². The predicted octanol–water partition coefficient (Wildman–Crippen LogP) is -0.540. The summed E-state index contributed by atoms with van der Waals surface area (Å²) in [5.41, 5.74) is 5.19. The quantitative estimate of drug-likeness (QED) is 0.442. The lowest BCUT2D eigenvalue weighted by Crippen LogP contribution is -2.27. The second-order valence-corrected chi connectivity index (χ2v) is 3.81. The monoisotopic (exact) mass is 182 g/mol. The number of hydrogen-bond acceptors (Lipinski definition) is 3. The SMILES string of the molecule is CN(CCCCN)S(=O)(=O)O. The van der Waals surface area contributed by atoms with Gasteiger partial charge in [-0.15, -0.1) is 0 Å². The van der Waals surface area contributed by atoms with Crippen LogP contribution in [0.25, 0.3) is 0 Å². The fourth-order valence-corrected chi connectivity index (χ4v) is 0.954. The molecule has 0 fully saturated rings. The second kappa shape index (κ2) is 4.66. The molecule has 0 aromatic carbocycles. The van der Waals surface area contributed by atoms with Crippen LogP contribution in [0.2, 0.25) is 0 Å². The van der Waals surface area contributed by atoms with Gasteiger partial charge in [0.1, 0.15) is 0 Å². The summed E-state index contributed by atoms with van der Waals surface area (Å²) in [5, 5.41) is 0. The van der Waals surface area contributed by atoms with Crippen molar-refractivity contribution in [2.75, 3.05) is 20.1 Å². The minimum atomic E-state index is -3.99. The van der Waals surface area contributed by atoms with Crippen molar-refractivity contribution in [1.29, 1.82) is 0 Å². The highest BCUT2D eigenvalue weighted by Gasteiger charge is 2.11. The van der Waals surface area contributed by atoms with Gasteiger partial charge in [-0.2, -0.15) is 12.7 Å². The molecule has 0 aliphatic heterocycles. The molecule has 0 atom stereocenters. The van der Waals surface area contributed by atoms with Crippen molar-refractivity contribution in [2.45, 2.75) is 12.8 Å². The zero-order valence-electron chi connectivity index (χ0n) is 6.52. The maximum absolute atomic E-state index is 10.4. The predicted molar refractivity (Wildman–Crippen MR) is 42.5 cm³/mol. The van der Waals surface area contributed by atoms with E-state index >= 15 is 0 Å². The highest BCUT2D eigenvalue weighted by Crippen LogP contribution is 1.95. The summed E-state index contributed by atoms with van der Waals surface area (Å²) in [7, 11) is -2.67. The maximum Gasteiger partial charge on any atom is 0.335 e. The Labute approximate surface area is 67.1 Å². The first-order valence-corrected chi connectivity index (χ1v) is 4.77. The van der Waals surface area contributed by atoms with Crippen molar-refractivity contribution in [3.63, 3.8) is 0 Å². The molecule has 0 unspecified atom stereocenters. The van der Waals surface area contributed by atoms with Crippen LogP contribution in [0.5, 0.6) is 0 Å². The number of unbranched alkanes of at least 4 members (excludes halogenated alkanes) is 1. The number of rotatable bonds is 5. The van der Waals surface area contributed by atoms with Gasteiger partial charge in [0.2, 0.25) is 0 Å². The van der Waals surface area contributed by atoms with Crippen LogP contribution in [-0.4, -0.2) is 37.4 Å². The van der Waals surface area contributed by atoms with E-state index in [9.17, 15) is 8.42 Å². The van der Waals surface area contributed by atoms with E-state index in [1.807, 2.05) is 0 Å². The van der Waals surface area contributed by atoms with Crippen LogP contribution < -0.4 is 5.73 Å². The first-order valence-electron chi connectivity index (χ1n) is 3.37. The second-order valence-electron chi connectivity index (χ2n) is 2.30. The van der Waals surface area contributed by atoms with Crippen molar-refractivity contribution in [3.05, 3.63) is 0 Å². The highest BCUT2D eigenvalue weighted by molar-refractivity contribution is 7.83. The molecule has 0 spiro atoms. The molecule has 0 aliphatic carbocycles. The first kappa shape index (κ1) is 10.8. The number of nitrogens with zero attached hydrogens (tertiary/aromatic N) is 1. The average Bonchev–Trinajstić information content (AvgIpc) is 1.86. The Kier molecular flexibility index (Phi) is 4.58. The van der Waals surface area contributed by atoms with Crippen molar-refractivity contribution < 1.29 is 13.0 Å². The molecule has 0 amide bonds. The Hall–Kier alpha value is -0.170. The van der Waals surface area contributed by atoms with Gasteiger partial charge in [-0.05, 0) is 19.4 Å². The van der Waals surface area contributed by atoms with Crippen LogP contribution in [0, 0.1) is 0 Å².